The first kappa shape index (κ1) is 15.7. The maximum Gasteiger partial charge on any atom is 0.257 e. The van der Waals surface area contributed by atoms with Gasteiger partial charge in [0, 0.05) is 26.7 Å². The molecule has 116 valence electrons. The molecule has 0 bridgehead atoms. The zero-order chi connectivity index (χ0) is 15.2. The largest absolute Gasteiger partial charge is 0.376 e. The number of amides is 1. The molecule has 2 heterocycles. The number of aromatic nitrogens is 1. The van der Waals surface area contributed by atoms with Crippen LogP contribution in [0.25, 0.3) is 0 Å². The highest BCUT2D eigenvalue weighted by molar-refractivity contribution is 5.98. The van der Waals surface area contributed by atoms with Crippen LogP contribution in [0.15, 0.2) is 12.3 Å². The Morgan fingerprint density at radius 2 is 2.38 bits per heavy atom. The molecule has 0 spiro atoms. The molecule has 21 heavy (non-hydrogen) atoms. The minimum Gasteiger partial charge on any atom is -0.376 e. The summed E-state index contributed by atoms with van der Waals surface area (Å²) in [4.78, 5) is 18.0. The Hall–Kier alpha value is -1.69. The van der Waals surface area contributed by atoms with E-state index in [1.807, 2.05) is 6.92 Å². The second-order valence-electron chi connectivity index (χ2n) is 5.25. The molecule has 1 atom stereocenters. The van der Waals surface area contributed by atoms with E-state index < -0.39 is 5.82 Å². The molecule has 0 aliphatic carbocycles. The van der Waals surface area contributed by atoms with Gasteiger partial charge in [0.25, 0.3) is 5.91 Å². The summed E-state index contributed by atoms with van der Waals surface area (Å²) >= 11 is 0. The van der Waals surface area contributed by atoms with Gasteiger partial charge in [0.05, 0.1) is 17.9 Å². The third-order valence-corrected chi connectivity index (χ3v) is 3.53. The van der Waals surface area contributed by atoms with Crippen LogP contribution >= 0.6 is 0 Å². The first-order chi connectivity index (χ1) is 10.1. The van der Waals surface area contributed by atoms with Crippen molar-refractivity contribution in [2.24, 2.45) is 0 Å². The molecule has 1 aromatic rings. The molecule has 1 amide bonds. The molecule has 1 saturated heterocycles. The third kappa shape index (κ3) is 4.14. The number of rotatable bonds is 5. The summed E-state index contributed by atoms with van der Waals surface area (Å²) in [5.74, 6) is -0.338. The van der Waals surface area contributed by atoms with Gasteiger partial charge in [-0.15, -0.1) is 0 Å². The Morgan fingerprint density at radius 3 is 3.05 bits per heavy atom. The Bertz CT molecular complexity index is 490. The van der Waals surface area contributed by atoms with Crippen LogP contribution in [0.5, 0.6) is 0 Å². The van der Waals surface area contributed by atoms with Crippen LogP contribution in [-0.2, 0) is 4.74 Å². The van der Waals surface area contributed by atoms with Gasteiger partial charge < -0.3 is 15.0 Å². The van der Waals surface area contributed by atoms with Crippen molar-refractivity contribution >= 4 is 11.7 Å². The van der Waals surface area contributed by atoms with Crippen molar-refractivity contribution in [3.8, 4) is 0 Å². The van der Waals surface area contributed by atoms with Gasteiger partial charge in [0.2, 0.25) is 0 Å². The first-order valence-corrected chi connectivity index (χ1v) is 7.38. The number of ether oxygens (including phenoxy) is 1. The molecule has 1 aromatic heterocycles. The molecular weight excluding hydrogens is 273 g/mol. The molecule has 1 fully saturated rings. The van der Waals surface area contributed by atoms with Crippen molar-refractivity contribution < 1.29 is 13.9 Å². The Balaban J connectivity index is 2.08. The molecular formula is C15H22FN3O2. The SMILES string of the molecule is CCNc1ncc(F)cc1C(=O)N(C)CC1CCCCO1. The molecule has 0 aromatic carbocycles. The van der Waals surface area contributed by atoms with Gasteiger partial charge in [0.1, 0.15) is 11.6 Å². The number of carbonyl (C=O) groups is 1. The van der Waals surface area contributed by atoms with Crippen molar-refractivity contribution in [3.05, 3.63) is 23.6 Å². The van der Waals surface area contributed by atoms with Crippen LogP contribution in [0.1, 0.15) is 36.5 Å². The molecule has 0 radical (unpaired) electrons. The van der Waals surface area contributed by atoms with Crippen LogP contribution in [0, 0.1) is 5.82 Å². The van der Waals surface area contributed by atoms with Gasteiger partial charge in [-0.05, 0) is 32.3 Å². The third-order valence-electron chi connectivity index (χ3n) is 3.53. The molecule has 5 nitrogen and oxygen atoms in total. The van der Waals surface area contributed by atoms with Crippen molar-refractivity contribution in [3.63, 3.8) is 0 Å². The van der Waals surface area contributed by atoms with E-state index in [2.05, 4.69) is 10.3 Å². The quantitative estimate of drug-likeness (QED) is 0.905. The van der Waals surface area contributed by atoms with Crippen LogP contribution < -0.4 is 5.32 Å². The molecule has 1 unspecified atom stereocenters. The summed E-state index contributed by atoms with van der Waals surface area (Å²) in [7, 11) is 1.71. The Morgan fingerprint density at radius 1 is 1.57 bits per heavy atom. The summed E-state index contributed by atoms with van der Waals surface area (Å²) in [6.07, 6.45) is 4.33. The van der Waals surface area contributed by atoms with Crippen molar-refractivity contribution in [2.45, 2.75) is 32.3 Å². The number of pyridine rings is 1. The highest BCUT2D eigenvalue weighted by atomic mass is 19.1. The number of likely N-dealkylation sites (N-methyl/N-ethyl adjacent to an activating group) is 1. The minimum absolute atomic E-state index is 0.0665. The Labute approximate surface area is 124 Å². The molecule has 1 N–H and O–H groups in total. The van der Waals surface area contributed by atoms with E-state index in [0.717, 1.165) is 32.1 Å². The lowest BCUT2D eigenvalue weighted by atomic mass is 10.1. The van der Waals surface area contributed by atoms with Gasteiger partial charge in [-0.1, -0.05) is 0 Å². The smallest absolute Gasteiger partial charge is 0.257 e. The summed E-state index contributed by atoms with van der Waals surface area (Å²) < 4.78 is 19.0. The number of hydrogen-bond donors (Lipinski definition) is 1. The summed E-state index contributed by atoms with van der Waals surface area (Å²) in [6.45, 7) is 3.78. The van der Waals surface area contributed by atoms with E-state index in [4.69, 9.17) is 4.74 Å². The van der Waals surface area contributed by atoms with Crippen LogP contribution in [0.4, 0.5) is 10.2 Å². The average molecular weight is 295 g/mol. The normalized spacial score (nSPS) is 18.3. The highest BCUT2D eigenvalue weighted by Crippen LogP contribution is 2.18. The fourth-order valence-electron chi connectivity index (χ4n) is 2.46. The first-order valence-electron chi connectivity index (χ1n) is 7.38. The van der Waals surface area contributed by atoms with Crippen LogP contribution in [0.2, 0.25) is 0 Å². The van der Waals surface area contributed by atoms with Gasteiger partial charge in [-0.2, -0.15) is 0 Å². The monoisotopic (exact) mass is 295 g/mol. The highest BCUT2D eigenvalue weighted by Gasteiger charge is 2.22. The molecule has 6 heteroatoms. The van der Waals surface area contributed by atoms with Crippen LogP contribution in [0.3, 0.4) is 0 Å². The standard InChI is InChI=1S/C15H22FN3O2/c1-3-17-14-13(8-11(16)9-18-14)15(20)19(2)10-12-6-4-5-7-21-12/h8-9,12H,3-7,10H2,1-2H3,(H,17,18). The van der Waals surface area contributed by atoms with E-state index in [-0.39, 0.29) is 17.6 Å². The summed E-state index contributed by atoms with van der Waals surface area (Å²) in [5, 5.41) is 2.99. The topological polar surface area (TPSA) is 54.5 Å². The average Bonchev–Trinajstić information content (AvgIpc) is 2.49. The second-order valence-corrected chi connectivity index (χ2v) is 5.25. The zero-order valence-corrected chi connectivity index (χ0v) is 12.6. The number of carbonyl (C=O) groups excluding carboxylic acids is 1. The van der Waals surface area contributed by atoms with Crippen molar-refractivity contribution in [2.75, 3.05) is 32.1 Å². The second kappa shape index (κ2) is 7.36. The van der Waals surface area contributed by atoms with E-state index in [9.17, 15) is 9.18 Å². The van der Waals surface area contributed by atoms with Gasteiger partial charge >= 0.3 is 0 Å². The minimum atomic E-state index is -0.512. The summed E-state index contributed by atoms with van der Waals surface area (Å²) in [5.41, 5.74) is 0.259. The molecule has 2 rings (SSSR count). The fraction of sp³-hybridized carbons (Fsp3) is 0.600. The number of halogens is 1. The maximum atomic E-state index is 13.4. The lowest BCUT2D eigenvalue weighted by molar-refractivity contribution is -0.000184. The predicted octanol–water partition coefficient (Wildman–Crippen LogP) is 2.29. The van der Waals surface area contributed by atoms with Crippen molar-refractivity contribution in [1.29, 1.82) is 0 Å². The van der Waals surface area contributed by atoms with E-state index >= 15 is 0 Å². The maximum absolute atomic E-state index is 13.4. The number of nitrogens with zero attached hydrogens (tertiary/aromatic N) is 2. The van der Waals surface area contributed by atoms with Crippen LogP contribution in [-0.4, -0.2) is 48.6 Å². The molecule has 1 aliphatic rings. The predicted molar refractivity (Wildman–Crippen MR) is 78.9 cm³/mol. The van der Waals surface area contributed by atoms with Gasteiger partial charge in [0.15, 0.2) is 0 Å². The number of nitrogens with one attached hydrogen (secondary N) is 1. The molecule has 0 saturated carbocycles. The van der Waals surface area contributed by atoms with E-state index in [1.54, 1.807) is 11.9 Å². The van der Waals surface area contributed by atoms with E-state index in [1.165, 1.54) is 6.07 Å². The Kier molecular flexibility index (Phi) is 5.50. The fourth-order valence-corrected chi connectivity index (χ4v) is 2.46. The number of anilines is 1. The van der Waals surface area contributed by atoms with Crippen molar-refractivity contribution in [1.82, 2.24) is 9.88 Å². The molecule has 1 aliphatic heterocycles. The van der Waals surface area contributed by atoms with E-state index in [0.29, 0.717) is 18.9 Å². The lowest BCUT2D eigenvalue weighted by Gasteiger charge is -2.27. The lowest BCUT2D eigenvalue weighted by Crippen LogP contribution is -2.37. The van der Waals surface area contributed by atoms with Gasteiger partial charge in [-0.3, -0.25) is 4.79 Å². The van der Waals surface area contributed by atoms with Gasteiger partial charge in [-0.25, -0.2) is 9.37 Å². The zero-order valence-electron chi connectivity index (χ0n) is 12.6. The summed E-state index contributed by atoms with van der Waals surface area (Å²) in [6, 6.07) is 1.23. The number of hydrogen-bond acceptors (Lipinski definition) is 4.